The third-order valence-electron chi connectivity index (χ3n) is 5.38. The smallest absolute Gasteiger partial charge is 0.238 e. The summed E-state index contributed by atoms with van der Waals surface area (Å²) < 4.78 is 0. The fourth-order valence-electron chi connectivity index (χ4n) is 3.90. The summed E-state index contributed by atoms with van der Waals surface area (Å²) >= 11 is 0. The lowest BCUT2D eigenvalue weighted by Gasteiger charge is -2.33. The molecule has 0 spiro atoms. The van der Waals surface area contributed by atoms with Crippen LogP contribution < -0.4 is 10.6 Å². The van der Waals surface area contributed by atoms with E-state index < -0.39 is 0 Å². The second-order valence-electron chi connectivity index (χ2n) is 8.04. The fraction of sp³-hybridized carbons (Fsp3) is 0.417. The van der Waals surface area contributed by atoms with E-state index >= 15 is 0 Å². The summed E-state index contributed by atoms with van der Waals surface area (Å²) in [7, 11) is 0. The van der Waals surface area contributed by atoms with Gasteiger partial charge in [0.25, 0.3) is 0 Å². The van der Waals surface area contributed by atoms with E-state index in [0.29, 0.717) is 13.1 Å². The van der Waals surface area contributed by atoms with Gasteiger partial charge in [-0.2, -0.15) is 0 Å². The molecule has 2 amide bonds. The van der Waals surface area contributed by atoms with Crippen LogP contribution in [0.1, 0.15) is 23.6 Å². The highest BCUT2D eigenvalue weighted by atomic mass is 16.2. The van der Waals surface area contributed by atoms with Crippen molar-refractivity contribution in [1.82, 2.24) is 9.80 Å². The van der Waals surface area contributed by atoms with E-state index in [-0.39, 0.29) is 11.8 Å². The number of anilines is 2. The molecule has 0 saturated carbocycles. The Balaban J connectivity index is 1.42. The number of piperazine rings is 1. The Bertz CT molecular complexity index is 868. The fourth-order valence-corrected chi connectivity index (χ4v) is 3.90. The van der Waals surface area contributed by atoms with Gasteiger partial charge in [-0.1, -0.05) is 31.2 Å². The Morgan fingerprint density at radius 3 is 1.93 bits per heavy atom. The largest absolute Gasteiger partial charge is 0.325 e. The second-order valence-corrected chi connectivity index (χ2v) is 8.04. The Morgan fingerprint density at radius 2 is 1.37 bits per heavy atom. The van der Waals surface area contributed by atoms with Crippen molar-refractivity contribution in [3.63, 3.8) is 0 Å². The standard InChI is InChI=1S/C24H32N4O2/c1-4-20-7-5-6-8-22(20)26-24(30)17-28-11-9-27(10-12-28)16-23(29)25-21-14-18(2)13-19(3)15-21/h5-8,13-15H,4,9-12,16-17H2,1-3H3,(H,25,29)(H,26,30). The van der Waals surface area contributed by atoms with E-state index in [9.17, 15) is 9.59 Å². The van der Waals surface area contributed by atoms with Crippen LogP contribution in [0.3, 0.4) is 0 Å². The molecular weight excluding hydrogens is 376 g/mol. The van der Waals surface area contributed by atoms with Gasteiger partial charge in [-0.05, 0) is 55.2 Å². The Kier molecular flexibility index (Phi) is 7.60. The normalized spacial score (nSPS) is 15.0. The molecule has 0 aromatic heterocycles. The molecule has 1 aliphatic heterocycles. The number of aryl methyl sites for hydroxylation is 3. The molecule has 1 fully saturated rings. The molecule has 30 heavy (non-hydrogen) atoms. The molecule has 2 aromatic carbocycles. The number of hydrogen-bond donors (Lipinski definition) is 2. The average molecular weight is 409 g/mol. The van der Waals surface area contributed by atoms with Crippen LogP contribution in [0.2, 0.25) is 0 Å². The highest BCUT2D eigenvalue weighted by Gasteiger charge is 2.21. The molecule has 1 saturated heterocycles. The number of carbonyl (C=O) groups excluding carboxylic acids is 2. The van der Waals surface area contributed by atoms with Gasteiger partial charge in [-0.15, -0.1) is 0 Å². The zero-order valence-electron chi connectivity index (χ0n) is 18.2. The third kappa shape index (κ3) is 6.40. The van der Waals surface area contributed by atoms with Crippen LogP contribution in [0.25, 0.3) is 0 Å². The lowest BCUT2D eigenvalue weighted by Crippen LogP contribution is -2.50. The zero-order valence-corrected chi connectivity index (χ0v) is 18.2. The molecule has 2 N–H and O–H groups in total. The summed E-state index contributed by atoms with van der Waals surface area (Å²) in [5, 5.41) is 6.02. The number of rotatable bonds is 7. The predicted octanol–water partition coefficient (Wildman–Crippen LogP) is 3.06. The van der Waals surface area contributed by atoms with Crippen molar-refractivity contribution in [3.8, 4) is 0 Å². The van der Waals surface area contributed by atoms with Crippen molar-refractivity contribution < 1.29 is 9.59 Å². The lowest BCUT2D eigenvalue weighted by molar-refractivity contribution is -0.120. The lowest BCUT2D eigenvalue weighted by atomic mass is 10.1. The highest BCUT2D eigenvalue weighted by Crippen LogP contribution is 2.16. The maximum absolute atomic E-state index is 12.4. The number of benzene rings is 2. The van der Waals surface area contributed by atoms with Crippen molar-refractivity contribution in [2.24, 2.45) is 0 Å². The molecule has 1 heterocycles. The first kappa shape index (κ1) is 22.0. The van der Waals surface area contributed by atoms with Crippen LogP contribution in [0.15, 0.2) is 42.5 Å². The monoisotopic (exact) mass is 408 g/mol. The van der Waals surface area contributed by atoms with E-state index in [1.807, 2.05) is 50.2 Å². The van der Waals surface area contributed by atoms with Gasteiger partial charge >= 0.3 is 0 Å². The van der Waals surface area contributed by atoms with Gasteiger partial charge in [-0.3, -0.25) is 19.4 Å². The quantitative estimate of drug-likeness (QED) is 0.739. The van der Waals surface area contributed by atoms with Crippen molar-refractivity contribution in [1.29, 1.82) is 0 Å². The Labute approximate surface area is 179 Å². The van der Waals surface area contributed by atoms with Gasteiger partial charge in [0.1, 0.15) is 0 Å². The summed E-state index contributed by atoms with van der Waals surface area (Å²) in [6, 6.07) is 14.0. The topological polar surface area (TPSA) is 64.7 Å². The molecule has 6 heteroatoms. The summed E-state index contributed by atoms with van der Waals surface area (Å²) in [5.41, 5.74) is 5.16. The number of carbonyl (C=O) groups is 2. The molecule has 0 bridgehead atoms. The van der Waals surface area contributed by atoms with Crippen molar-refractivity contribution >= 4 is 23.2 Å². The second kappa shape index (κ2) is 10.4. The van der Waals surface area contributed by atoms with Crippen LogP contribution in [0.5, 0.6) is 0 Å². The molecule has 2 aromatic rings. The van der Waals surface area contributed by atoms with Gasteiger partial charge < -0.3 is 10.6 Å². The summed E-state index contributed by atoms with van der Waals surface area (Å²) in [5.74, 6) is 0.0132. The summed E-state index contributed by atoms with van der Waals surface area (Å²) in [6.07, 6.45) is 0.888. The van der Waals surface area contributed by atoms with Crippen molar-refractivity contribution in [2.75, 3.05) is 49.9 Å². The van der Waals surface area contributed by atoms with Gasteiger partial charge in [0.05, 0.1) is 13.1 Å². The highest BCUT2D eigenvalue weighted by molar-refractivity contribution is 5.93. The van der Waals surface area contributed by atoms with E-state index in [2.05, 4.69) is 33.4 Å². The van der Waals surface area contributed by atoms with Crippen molar-refractivity contribution in [3.05, 3.63) is 59.2 Å². The average Bonchev–Trinajstić information content (AvgIpc) is 2.69. The molecule has 1 aliphatic rings. The number of nitrogens with one attached hydrogen (secondary N) is 2. The van der Waals surface area contributed by atoms with Gasteiger partial charge in [0.15, 0.2) is 0 Å². The Morgan fingerprint density at radius 1 is 0.833 bits per heavy atom. The number of nitrogens with zero attached hydrogens (tertiary/aromatic N) is 2. The maximum Gasteiger partial charge on any atom is 0.238 e. The minimum Gasteiger partial charge on any atom is -0.325 e. The first-order valence-electron chi connectivity index (χ1n) is 10.6. The molecule has 160 valence electrons. The van der Waals surface area contributed by atoms with Crippen LogP contribution >= 0.6 is 0 Å². The van der Waals surface area contributed by atoms with E-state index in [1.54, 1.807) is 0 Å². The predicted molar refractivity (Wildman–Crippen MR) is 122 cm³/mol. The molecule has 3 rings (SSSR count). The van der Waals surface area contributed by atoms with Crippen molar-refractivity contribution in [2.45, 2.75) is 27.2 Å². The number of amides is 2. The number of hydrogen-bond acceptors (Lipinski definition) is 4. The molecule has 0 atom stereocenters. The molecular formula is C24H32N4O2. The Hall–Kier alpha value is -2.70. The molecule has 0 radical (unpaired) electrons. The first-order chi connectivity index (χ1) is 14.4. The van der Waals surface area contributed by atoms with Crippen LogP contribution in [-0.2, 0) is 16.0 Å². The van der Waals surface area contributed by atoms with Crippen LogP contribution in [0.4, 0.5) is 11.4 Å². The van der Waals surface area contributed by atoms with E-state index in [1.165, 1.54) is 0 Å². The van der Waals surface area contributed by atoms with Gasteiger partial charge in [-0.25, -0.2) is 0 Å². The van der Waals surface area contributed by atoms with Gasteiger partial charge in [0.2, 0.25) is 11.8 Å². The van der Waals surface area contributed by atoms with E-state index in [0.717, 1.165) is 60.7 Å². The number of para-hydroxylation sites is 1. The molecule has 0 aliphatic carbocycles. The first-order valence-corrected chi connectivity index (χ1v) is 10.6. The van der Waals surface area contributed by atoms with Gasteiger partial charge in [0, 0.05) is 37.6 Å². The van der Waals surface area contributed by atoms with Crippen LogP contribution in [-0.4, -0.2) is 60.9 Å². The summed E-state index contributed by atoms with van der Waals surface area (Å²) in [4.78, 5) is 29.1. The summed E-state index contributed by atoms with van der Waals surface area (Å²) in [6.45, 7) is 9.99. The minimum atomic E-state index is 0.00219. The van der Waals surface area contributed by atoms with Crippen LogP contribution in [0, 0.1) is 13.8 Å². The molecule has 0 unspecified atom stereocenters. The molecule has 6 nitrogen and oxygen atoms in total. The third-order valence-corrected chi connectivity index (χ3v) is 5.38. The van der Waals surface area contributed by atoms with E-state index in [4.69, 9.17) is 0 Å². The zero-order chi connectivity index (χ0) is 21.5. The SMILES string of the molecule is CCc1ccccc1NC(=O)CN1CCN(CC(=O)Nc2cc(C)cc(C)c2)CC1. The maximum atomic E-state index is 12.4. The minimum absolute atomic E-state index is 0.00219.